The smallest absolute Gasteiger partial charge is 0.0357 e. The Morgan fingerprint density at radius 1 is 1.31 bits per heavy atom. The fraction of sp³-hybridized carbons (Fsp3) is 0.333. The van der Waals surface area contributed by atoms with E-state index in [9.17, 15) is 0 Å². The quantitative estimate of drug-likeness (QED) is 0.692. The van der Waals surface area contributed by atoms with Gasteiger partial charge in [0.1, 0.15) is 0 Å². The van der Waals surface area contributed by atoms with Crippen LogP contribution in [0.15, 0.2) is 36.4 Å². The molecule has 0 heterocycles. The van der Waals surface area contributed by atoms with Crippen molar-refractivity contribution in [2.75, 3.05) is 11.9 Å². The molecule has 0 aliphatic heterocycles. The van der Waals surface area contributed by atoms with Crippen molar-refractivity contribution in [2.45, 2.75) is 20.3 Å². The highest BCUT2D eigenvalue weighted by atomic mass is 14.9. The first-order valence-electron chi connectivity index (χ1n) is 4.69. The minimum Gasteiger partial charge on any atom is -0.381 e. The summed E-state index contributed by atoms with van der Waals surface area (Å²) in [4.78, 5) is 0. The molecule has 1 nitrogen and oxygen atoms in total. The lowest BCUT2D eigenvalue weighted by atomic mass is 10.2. The molecule has 0 atom stereocenters. The number of hydrogen-bond acceptors (Lipinski definition) is 1. The summed E-state index contributed by atoms with van der Waals surface area (Å²) in [6.45, 7) is 9.03. The second kappa shape index (κ2) is 4.70. The summed E-state index contributed by atoms with van der Waals surface area (Å²) in [6, 6.07) is 8.41. The second-order valence-corrected chi connectivity index (χ2v) is 3.32. The van der Waals surface area contributed by atoms with Crippen LogP contribution in [0.1, 0.15) is 18.9 Å². The summed E-state index contributed by atoms with van der Waals surface area (Å²) in [6.07, 6.45) is 1.04. The van der Waals surface area contributed by atoms with Crippen molar-refractivity contribution in [3.05, 3.63) is 42.0 Å². The van der Waals surface area contributed by atoms with Gasteiger partial charge in [-0.05, 0) is 25.5 Å². The Bertz CT molecular complexity index is 272. The van der Waals surface area contributed by atoms with Gasteiger partial charge in [0.2, 0.25) is 0 Å². The fourth-order valence-corrected chi connectivity index (χ4v) is 1.02. The van der Waals surface area contributed by atoms with Crippen LogP contribution in [-0.2, 0) is 0 Å². The van der Waals surface area contributed by atoms with Crippen LogP contribution in [-0.4, -0.2) is 6.54 Å². The predicted octanol–water partition coefficient (Wildman–Crippen LogP) is 3.37. The van der Waals surface area contributed by atoms with Crippen LogP contribution in [0.25, 0.3) is 0 Å². The Labute approximate surface area is 80.5 Å². The van der Waals surface area contributed by atoms with Gasteiger partial charge < -0.3 is 5.32 Å². The maximum Gasteiger partial charge on any atom is 0.0357 e. The summed E-state index contributed by atoms with van der Waals surface area (Å²) >= 11 is 0. The van der Waals surface area contributed by atoms with E-state index in [1.165, 1.54) is 16.8 Å². The number of anilines is 1. The molecule has 0 spiro atoms. The van der Waals surface area contributed by atoms with Crippen molar-refractivity contribution >= 4 is 5.69 Å². The molecular formula is C12H17N. The molecule has 0 aromatic heterocycles. The van der Waals surface area contributed by atoms with E-state index in [1.807, 2.05) is 0 Å². The van der Waals surface area contributed by atoms with Crippen LogP contribution in [0.3, 0.4) is 0 Å². The third-order valence-corrected chi connectivity index (χ3v) is 2.09. The number of rotatable bonds is 4. The van der Waals surface area contributed by atoms with E-state index < -0.39 is 0 Å². The lowest BCUT2D eigenvalue weighted by Gasteiger charge is -2.07. The van der Waals surface area contributed by atoms with Crippen molar-refractivity contribution in [2.24, 2.45) is 0 Å². The summed E-state index contributed by atoms with van der Waals surface area (Å²) in [5.41, 5.74) is 3.70. The van der Waals surface area contributed by atoms with Gasteiger partial charge in [-0.3, -0.25) is 0 Å². The summed E-state index contributed by atoms with van der Waals surface area (Å²) in [5.74, 6) is 0. The molecule has 0 bridgehead atoms. The Hall–Kier alpha value is -1.24. The third kappa shape index (κ3) is 3.32. The van der Waals surface area contributed by atoms with E-state index in [2.05, 4.69) is 50.0 Å². The van der Waals surface area contributed by atoms with Gasteiger partial charge in [-0.15, -0.1) is 0 Å². The maximum atomic E-state index is 3.94. The largest absolute Gasteiger partial charge is 0.381 e. The van der Waals surface area contributed by atoms with Gasteiger partial charge in [0, 0.05) is 12.2 Å². The molecule has 1 aromatic rings. The summed E-state index contributed by atoms with van der Waals surface area (Å²) in [7, 11) is 0. The van der Waals surface area contributed by atoms with E-state index in [4.69, 9.17) is 0 Å². The lowest BCUT2D eigenvalue weighted by molar-refractivity contribution is 1.05. The Balaban J connectivity index is 2.46. The van der Waals surface area contributed by atoms with Crippen LogP contribution in [0.4, 0.5) is 5.69 Å². The molecule has 0 fully saturated rings. The second-order valence-electron chi connectivity index (χ2n) is 3.32. The summed E-state index contributed by atoms with van der Waals surface area (Å²) < 4.78 is 0. The molecular weight excluding hydrogens is 158 g/mol. The molecule has 0 amide bonds. The Morgan fingerprint density at radius 2 is 1.92 bits per heavy atom. The highest BCUT2D eigenvalue weighted by Crippen LogP contribution is 2.09. The van der Waals surface area contributed by atoms with E-state index >= 15 is 0 Å². The van der Waals surface area contributed by atoms with Crippen molar-refractivity contribution < 1.29 is 0 Å². The van der Waals surface area contributed by atoms with Gasteiger partial charge >= 0.3 is 0 Å². The molecule has 1 N–H and O–H groups in total. The van der Waals surface area contributed by atoms with Gasteiger partial charge in [0.05, 0.1) is 0 Å². The van der Waals surface area contributed by atoms with Crippen molar-refractivity contribution in [1.82, 2.24) is 0 Å². The molecule has 0 unspecified atom stereocenters. The molecule has 0 aliphatic rings. The highest BCUT2D eigenvalue weighted by Gasteiger charge is 1.92. The van der Waals surface area contributed by atoms with Crippen LogP contribution < -0.4 is 5.32 Å². The minimum atomic E-state index is 0.875. The molecule has 0 radical (unpaired) electrons. The first-order valence-corrected chi connectivity index (χ1v) is 4.69. The maximum absolute atomic E-state index is 3.94. The number of aryl methyl sites for hydroxylation is 1. The average molecular weight is 175 g/mol. The monoisotopic (exact) mass is 175 g/mol. The molecule has 0 saturated carbocycles. The first-order chi connectivity index (χ1) is 6.22. The Kier molecular flexibility index (Phi) is 3.56. The number of hydrogen-bond donors (Lipinski definition) is 1. The van der Waals surface area contributed by atoms with E-state index in [0.717, 1.165) is 13.0 Å². The fourth-order valence-electron chi connectivity index (χ4n) is 1.02. The van der Waals surface area contributed by atoms with Crippen LogP contribution in [0, 0.1) is 6.92 Å². The molecule has 13 heavy (non-hydrogen) atoms. The minimum absolute atomic E-state index is 0.875. The molecule has 70 valence electrons. The van der Waals surface area contributed by atoms with Gasteiger partial charge in [-0.1, -0.05) is 36.8 Å². The molecule has 1 aromatic carbocycles. The topological polar surface area (TPSA) is 12.0 Å². The molecule has 1 heteroatoms. The van der Waals surface area contributed by atoms with Crippen LogP contribution in [0.5, 0.6) is 0 Å². The van der Waals surface area contributed by atoms with E-state index in [0.29, 0.717) is 0 Å². The van der Waals surface area contributed by atoms with Gasteiger partial charge in [0.15, 0.2) is 0 Å². The van der Waals surface area contributed by atoms with Crippen molar-refractivity contribution in [3.63, 3.8) is 0 Å². The average Bonchev–Trinajstić information content (AvgIpc) is 2.16. The number of benzene rings is 1. The van der Waals surface area contributed by atoms with Gasteiger partial charge in [-0.2, -0.15) is 0 Å². The third-order valence-electron chi connectivity index (χ3n) is 2.09. The first kappa shape index (κ1) is 9.85. The van der Waals surface area contributed by atoms with Crippen molar-refractivity contribution in [3.8, 4) is 0 Å². The normalized spacial score (nSPS) is 9.69. The summed E-state index contributed by atoms with van der Waals surface area (Å²) in [5, 5.41) is 3.32. The zero-order valence-electron chi connectivity index (χ0n) is 8.43. The van der Waals surface area contributed by atoms with Crippen LogP contribution >= 0.6 is 0 Å². The molecule has 1 rings (SSSR count). The van der Waals surface area contributed by atoms with E-state index in [-0.39, 0.29) is 0 Å². The highest BCUT2D eigenvalue weighted by molar-refractivity contribution is 5.45. The SMILES string of the molecule is C=C(CC)CNc1ccc(C)cc1. The van der Waals surface area contributed by atoms with Crippen molar-refractivity contribution in [1.29, 1.82) is 0 Å². The molecule has 0 saturated heterocycles. The number of nitrogens with one attached hydrogen (secondary N) is 1. The lowest BCUT2D eigenvalue weighted by Crippen LogP contribution is -2.02. The zero-order valence-corrected chi connectivity index (χ0v) is 8.43. The molecule has 0 aliphatic carbocycles. The van der Waals surface area contributed by atoms with Gasteiger partial charge in [0.25, 0.3) is 0 Å². The predicted molar refractivity (Wildman–Crippen MR) is 59.1 cm³/mol. The van der Waals surface area contributed by atoms with Crippen LogP contribution in [0.2, 0.25) is 0 Å². The Morgan fingerprint density at radius 3 is 2.46 bits per heavy atom. The standard InChI is InChI=1S/C12H17N/c1-4-10(2)9-13-12-7-5-11(3)6-8-12/h5-8,13H,2,4,9H2,1,3H3. The zero-order chi connectivity index (χ0) is 9.68. The van der Waals surface area contributed by atoms with Gasteiger partial charge in [-0.25, -0.2) is 0 Å². The van der Waals surface area contributed by atoms with E-state index in [1.54, 1.807) is 0 Å².